The van der Waals surface area contributed by atoms with Gasteiger partial charge in [-0.05, 0) is 34.1 Å². The van der Waals surface area contributed by atoms with Crippen molar-refractivity contribution in [3.8, 4) is 0 Å². The number of imide groups is 1. The van der Waals surface area contributed by atoms with Gasteiger partial charge in [0.05, 0.1) is 11.4 Å². The van der Waals surface area contributed by atoms with Crippen LogP contribution in [0.15, 0.2) is 32.0 Å². The second kappa shape index (κ2) is 7.93. The average Bonchev–Trinajstić information content (AvgIpc) is 3.03. The maximum atomic E-state index is 12.9. The van der Waals surface area contributed by atoms with Crippen LogP contribution in [-0.2, 0) is 14.8 Å². The molecular weight excluding hydrogens is 492 g/mol. The van der Waals surface area contributed by atoms with E-state index in [9.17, 15) is 18.0 Å². The molecule has 0 unspecified atom stereocenters. The molecule has 3 amide bonds. The van der Waals surface area contributed by atoms with Crippen LogP contribution in [0.4, 0.5) is 4.79 Å². The third kappa shape index (κ3) is 4.11. The number of hydrogen-bond acceptors (Lipinski definition) is 5. The molecule has 0 radical (unpaired) electrons. The highest BCUT2D eigenvalue weighted by atomic mass is 79.9. The van der Waals surface area contributed by atoms with Crippen LogP contribution in [0.3, 0.4) is 0 Å². The van der Waals surface area contributed by atoms with Crippen molar-refractivity contribution in [3.63, 3.8) is 0 Å². The van der Waals surface area contributed by atoms with Crippen LogP contribution in [-0.4, -0.2) is 80.3 Å². The van der Waals surface area contributed by atoms with Gasteiger partial charge in [0, 0.05) is 48.2 Å². The molecule has 1 N–H and O–H groups in total. The summed E-state index contributed by atoms with van der Waals surface area (Å²) in [6.07, 6.45) is 0. The zero-order chi connectivity index (χ0) is 18.9. The van der Waals surface area contributed by atoms with Crippen molar-refractivity contribution in [3.05, 3.63) is 27.1 Å². The number of piperazine rings is 1. The van der Waals surface area contributed by atoms with Gasteiger partial charge in [-0.3, -0.25) is 14.6 Å². The van der Waals surface area contributed by atoms with Gasteiger partial charge in [0.2, 0.25) is 15.9 Å². The summed E-state index contributed by atoms with van der Waals surface area (Å²) < 4.78 is 28.4. The minimum atomic E-state index is -3.62. The summed E-state index contributed by atoms with van der Waals surface area (Å²) in [5, 5.41) is 2.59. The first-order chi connectivity index (χ1) is 12.3. The predicted octanol–water partition coefficient (Wildman–Crippen LogP) is 1.07. The smallest absolute Gasteiger partial charge is 0.324 e. The van der Waals surface area contributed by atoms with Crippen molar-refractivity contribution < 1.29 is 18.0 Å². The Kier molecular flexibility index (Phi) is 6.02. The zero-order valence-corrected chi connectivity index (χ0v) is 17.8. The Labute approximate surface area is 168 Å². The van der Waals surface area contributed by atoms with Gasteiger partial charge in [-0.1, -0.05) is 15.9 Å². The second-order valence-corrected chi connectivity index (χ2v) is 9.71. The molecule has 0 bridgehead atoms. The molecule has 11 heteroatoms. The molecule has 0 atom stereocenters. The standard InChI is InChI=1S/C15H18Br2N4O4S/c16-11-1-2-12(17)13(9-11)26(24,25)20-7-5-19(6-8-20)10-14(22)21-4-3-18-15(21)23/h1-2,9H,3-8,10H2,(H,18,23). The highest BCUT2D eigenvalue weighted by molar-refractivity contribution is 9.11. The maximum Gasteiger partial charge on any atom is 0.324 e. The summed E-state index contributed by atoms with van der Waals surface area (Å²) >= 11 is 6.60. The normalized spacial score (nSPS) is 19.6. The van der Waals surface area contributed by atoms with Crippen molar-refractivity contribution in [1.82, 2.24) is 19.4 Å². The van der Waals surface area contributed by atoms with E-state index in [4.69, 9.17) is 0 Å². The minimum Gasteiger partial charge on any atom is -0.336 e. The Morgan fingerprint density at radius 3 is 2.42 bits per heavy atom. The Bertz CT molecular complexity index is 825. The molecule has 0 aromatic heterocycles. The van der Waals surface area contributed by atoms with Crippen molar-refractivity contribution in [2.24, 2.45) is 0 Å². The lowest BCUT2D eigenvalue weighted by Crippen LogP contribution is -2.51. The first kappa shape index (κ1) is 19.7. The van der Waals surface area contributed by atoms with Crippen LogP contribution in [0.5, 0.6) is 0 Å². The van der Waals surface area contributed by atoms with Crippen LogP contribution < -0.4 is 5.32 Å². The van der Waals surface area contributed by atoms with Crippen LogP contribution in [0, 0.1) is 0 Å². The average molecular weight is 510 g/mol. The lowest BCUT2D eigenvalue weighted by atomic mass is 10.3. The van der Waals surface area contributed by atoms with Crippen LogP contribution in [0.25, 0.3) is 0 Å². The van der Waals surface area contributed by atoms with Gasteiger partial charge in [0.1, 0.15) is 0 Å². The van der Waals surface area contributed by atoms with Gasteiger partial charge in [0.15, 0.2) is 0 Å². The third-order valence-electron chi connectivity index (χ3n) is 4.36. The molecule has 0 spiro atoms. The van der Waals surface area contributed by atoms with Crippen molar-refractivity contribution in [2.75, 3.05) is 45.8 Å². The molecule has 2 heterocycles. The number of carbonyl (C=O) groups is 2. The van der Waals surface area contributed by atoms with Crippen LogP contribution in [0.2, 0.25) is 0 Å². The first-order valence-electron chi connectivity index (χ1n) is 8.05. The summed E-state index contributed by atoms with van der Waals surface area (Å²) in [6.45, 7) is 2.42. The first-order valence-corrected chi connectivity index (χ1v) is 11.1. The van der Waals surface area contributed by atoms with Gasteiger partial charge in [-0.15, -0.1) is 0 Å². The van der Waals surface area contributed by atoms with Crippen molar-refractivity contribution in [1.29, 1.82) is 0 Å². The number of carbonyl (C=O) groups excluding carboxylic acids is 2. The van der Waals surface area contributed by atoms with Crippen LogP contribution >= 0.6 is 31.9 Å². The molecule has 1 aromatic carbocycles. The summed E-state index contributed by atoms with van der Waals surface area (Å²) in [4.78, 5) is 27.0. The van der Waals surface area contributed by atoms with Crippen molar-refractivity contribution >= 4 is 53.8 Å². The quantitative estimate of drug-likeness (QED) is 0.655. The fourth-order valence-electron chi connectivity index (χ4n) is 2.93. The summed E-state index contributed by atoms with van der Waals surface area (Å²) in [7, 11) is -3.62. The third-order valence-corrected chi connectivity index (χ3v) is 7.74. The second-order valence-electron chi connectivity index (χ2n) is 6.03. The molecule has 8 nitrogen and oxygen atoms in total. The van der Waals surface area contributed by atoms with Gasteiger partial charge in [-0.2, -0.15) is 4.31 Å². The molecule has 1 aromatic rings. The molecule has 0 aliphatic carbocycles. The molecule has 2 aliphatic rings. The molecule has 2 fully saturated rings. The van der Waals surface area contributed by atoms with Gasteiger partial charge in [-0.25, -0.2) is 13.2 Å². The summed E-state index contributed by atoms with van der Waals surface area (Å²) in [6, 6.07) is 4.66. The van der Waals surface area contributed by atoms with Gasteiger partial charge >= 0.3 is 6.03 Å². The summed E-state index contributed by atoms with van der Waals surface area (Å²) in [5.41, 5.74) is 0. The lowest BCUT2D eigenvalue weighted by Gasteiger charge is -2.34. The maximum absolute atomic E-state index is 12.9. The van der Waals surface area contributed by atoms with Crippen molar-refractivity contribution in [2.45, 2.75) is 4.90 Å². The highest BCUT2D eigenvalue weighted by Gasteiger charge is 2.32. The number of nitrogens with one attached hydrogen (secondary N) is 1. The number of benzene rings is 1. The fourth-order valence-corrected chi connectivity index (χ4v) is 5.81. The SMILES string of the molecule is O=C(CN1CCN(S(=O)(=O)c2cc(Br)ccc2Br)CC1)N1CCNC1=O. The number of hydrogen-bond donors (Lipinski definition) is 1. The number of nitrogens with zero attached hydrogens (tertiary/aromatic N) is 3. The van der Waals surface area contributed by atoms with E-state index in [0.29, 0.717) is 48.2 Å². The number of urea groups is 1. The van der Waals surface area contributed by atoms with E-state index in [2.05, 4.69) is 37.2 Å². The number of halogens is 2. The predicted molar refractivity (Wildman–Crippen MR) is 102 cm³/mol. The summed E-state index contributed by atoms with van der Waals surface area (Å²) in [5.74, 6) is -0.258. The monoisotopic (exact) mass is 508 g/mol. The largest absolute Gasteiger partial charge is 0.336 e. The Balaban J connectivity index is 1.62. The highest BCUT2D eigenvalue weighted by Crippen LogP contribution is 2.28. The van der Waals surface area contributed by atoms with E-state index in [-0.39, 0.29) is 23.4 Å². The van der Waals surface area contributed by atoms with Gasteiger partial charge < -0.3 is 5.32 Å². The minimum absolute atomic E-state index is 0.113. The molecule has 2 saturated heterocycles. The lowest BCUT2D eigenvalue weighted by molar-refractivity contribution is -0.129. The molecule has 0 saturated carbocycles. The van der Waals surface area contributed by atoms with E-state index in [1.807, 2.05) is 4.90 Å². The van der Waals surface area contributed by atoms with Gasteiger partial charge in [0.25, 0.3) is 0 Å². The Morgan fingerprint density at radius 2 is 1.81 bits per heavy atom. The van der Waals surface area contributed by atoms with Crippen LogP contribution in [0.1, 0.15) is 0 Å². The molecule has 3 rings (SSSR count). The molecule has 2 aliphatic heterocycles. The molecule has 26 heavy (non-hydrogen) atoms. The number of amides is 3. The molecule has 142 valence electrons. The number of sulfonamides is 1. The Morgan fingerprint density at radius 1 is 1.12 bits per heavy atom. The topological polar surface area (TPSA) is 90.0 Å². The van der Waals surface area contributed by atoms with E-state index in [1.54, 1.807) is 18.2 Å². The van der Waals surface area contributed by atoms with E-state index < -0.39 is 10.0 Å². The van der Waals surface area contributed by atoms with E-state index >= 15 is 0 Å². The fraction of sp³-hybridized carbons (Fsp3) is 0.467. The number of rotatable bonds is 4. The van der Waals surface area contributed by atoms with E-state index in [0.717, 1.165) is 0 Å². The van der Waals surface area contributed by atoms with E-state index in [1.165, 1.54) is 9.21 Å². The zero-order valence-electron chi connectivity index (χ0n) is 13.8. The molecular formula is C15H18Br2N4O4S. The Hall–Kier alpha value is -1.01.